The van der Waals surface area contributed by atoms with Crippen molar-refractivity contribution in [2.75, 3.05) is 6.61 Å². The second-order valence-corrected chi connectivity index (χ2v) is 9.02. The van der Waals surface area contributed by atoms with E-state index in [9.17, 15) is 36.6 Å². The number of nitrogens with one attached hydrogen (secondary N) is 1. The van der Waals surface area contributed by atoms with Gasteiger partial charge in [0.1, 0.15) is 17.6 Å². The molecule has 0 spiro atoms. The lowest BCUT2D eigenvalue weighted by molar-refractivity contribution is -0.141. The fraction of sp³-hybridized carbons (Fsp3) is 0.207. The average molecular weight is 575 g/mol. The van der Waals surface area contributed by atoms with Gasteiger partial charge < -0.3 is 19.6 Å². The number of ether oxygens (including phenoxy) is 1. The number of aromatic nitrogens is 1. The van der Waals surface area contributed by atoms with Crippen molar-refractivity contribution in [2.45, 2.75) is 32.2 Å². The van der Waals surface area contributed by atoms with E-state index < -0.39 is 59.0 Å². The minimum atomic E-state index is -2.36. The Morgan fingerprint density at radius 1 is 0.927 bits per heavy atom. The molecule has 4 rings (SSSR count). The molecule has 0 fully saturated rings. The summed E-state index contributed by atoms with van der Waals surface area (Å²) in [7, 11) is 0. The second-order valence-electron chi connectivity index (χ2n) is 9.02. The number of aliphatic carboxylic acids is 1. The summed E-state index contributed by atoms with van der Waals surface area (Å²) in [5.74, 6) is -12.1. The third-order valence-electron chi connectivity index (χ3n) is 6.16. The maximum Gasteiger partial charge on any atom is 0.326 e. The van der Waals surface area contributed by atoms with Gasteiger partial charge in [0.05, 0.1) is 18.7 Å². The fourth-order valence-electron chi connectivity index (χ4n) is 4.00. The van der Waals surface area contributed by atoms with E-state index in [0.29, 0.717) is 29.4 Å². The largest absolute Gasteiger partial charge is 0.493 e. The lowest BCUT2D eigenvalue weighted by Crippen LogP contribution is -2.43. The number of amides is 1. The number of carboxylic acid groups (broad SMARTS) is 1. The van der Waals surface area contributed by atoms with Crippen molar-refractivity contribution in [3.63, 3.8) is 0 Å². The van der Waals surface area contributed by atoms with Crippen LogP contribution in [0.2, 0.25) is 0 Å². The number of halogens is 5. The molecule has 0 saturated heterocycles. The van der Waals surface area contributed by atoms with E-state index in [-0.39, 0.29) is 13.0 Å². The average Bonchev–Trinajstić information content (AvgIpc) is 3.34. The number of aryl methyl sites for hydroxylation is 1. The van der Waals surface area contributed by atoms with Crippen LogP contribution in [0.4, 0.5) is 22.0 Å². The van der Waals surface area contributed by atoms with Crippen molar-refractivity contribution in [2.24, 2.45) is 0 Å². The van der Waals surface area contributed by atoms with Gasteiger partial charge in [-0.1, -0.05) is 30.3 Å². The molecule has 1 heterocycles. The van der Waals surface area contributed by atoms with Crippen LogP contribution in [0.3, 0.4) is 0 Å². The predicted molar refractivity (Wildman–Crippen MR) is 136 cm³/mol. The summed E-state index contributed by atoms with van der Waals surface area (Å²) in [5.41, 5.74) is 0.709. The molecule has 12 heteroatoms. The molecule has 41 heavy (non-hydrogen) atoms. The predicted octanol–water partition coefficient (Wildman–Crippen LogP) is 5.32. The Balaban J connectivity index is 1.32. The maximum absolute atomic E-state index is 13.9. The highest BCUT2D eigenvalue weighted by Crippen LogP contribution is 2.24. The molecule has 1 aromatic heterocycles. The first-order valence-electron chi connectivity index (χ1n) is 12.3. The zero-order chi connectivity index (χ0) is 29.7. The van der Waals surface area contributed by atoms with Gasteiger partial charge in [-0.05, 0) is 36.8 Å². The molecule has 1 atom stereocenters. The lowest BCUT2D eigenvalue weighted by Gasteiger charge is -2.16. The van der Waals surface area contributed by atoms with E-state index >= 15 is 0 Å². The number of nitrogens with zero attached hydrogens (tertiary/aromatic N) is 1. The molecular formula is C29H23F5N2O5. The molecule has 0 unspecified atom stereocenters. The molecule has 0 aliphatic heterocycles. The van der Waals surface area contributed by atoms with Crippen molar-refractivity contribution in [3.8, 4) is 17.2 Å². The number of rotatable bonds is 11. The molecule has 0 bridgehead atoms. The van der Waals surface area contributed by atoms with E-state index in [2.05, 4.69) is 4.98 Å². The maximum atomic E-state index is 13.9. The van der Waals surface area contributed by atoms with E-state index in [1.165, 1.54) is 0 Å². The number of oxazole rings is 1. The number of benzene rings is 3. The highest BCUT2D eigenvalue weighted by molar-refractivity contribution is 5.85. The third-order valence-corrected chi connectivity index (χ3v) is 6.16. The van der Waals surface area contributed by atoms with Gasteiger partial charge in [-0.15, -0.1) is 0 Å². The Morgan fingerprint density at radius 3 is 2.15 bits per heavy atom. The van der Waals surface area contributed by atoms with E-state index in [4.69, 9.17) is 9.15 Å². The number of hydrogen-bond acceptors (Lipinski definition) is 5. The minimum absolute atomic E-state index is 0.223. The molecule has 1 amide bonds. The molecular weight excluding hydrogens is 551 g/mol. The highest BCUT2D eigenvalue weighted by atomic mass is 19.2. The van der Waals surface area contributed by atoms with Crippen molar-refractivity contribution in [1.82, 2.24) is 10.3 Å². The molecule has 7 nitrogen and oxygen atoms in total. The van der Waals surface area contributed by atoms with Crippen LogP contribution >= 0.6 is 0 Å². The Hall–Kier alpha value is -4.74. The van der Waals surface area contributed by atoms with Crippen molar-refractivity contribution < 1.29 is 45.8 Å². The van der Waals surface area contributed by atoms with Crippen molar-refractivity contribution >= 4 is 11.9 Å². The Kier molecular flexibility index (Phi) is 9.00. The Bertz CT molecular complexity index is 1530. The number of carbonyl (C=O) groups is 2. The van der Waals surface area contributed by atoms with E-state index in [1.807, 2.05) is 42.6 Å². The normalized spacial score (nSPS) is 11.8. The summed E-state index contributed by atoms with van der Waals surface area (Å²) in [6.45, 7) is 2.09. The number of carbonyl (C=O) groups excluding carboxylic acids is 1. The van der Waals surface area contributed by atoms with Gasteiger partial charge in [-0.2, -0.15) is 0 Å². The monoisotopic (exact) mass is 574 g/mol. The zero-order valence-corrected chi connectivity index (χ0v) is 21.5. The molecule has 2 N–H and O–H groups in total. The van der Waals surface area contributed by atoms with E-state index in [0.717, 1.165) is 11.3 Å². The molecule has 0 aliphatic carbocycles. The van der Waals surface area contributed by atoms with Gasteiger partial charge in [-0.3, -0.25) is 4.79 Å². The second kappa shape index (κ2) is 12.6. The van der Waals surface area contributed by atoms with Crippen LogP contribution in [0.25, 0.3) is 11.5 Å². The van der Waals surface area contributed by atoms with Crippen LogP contribution in [0.15, 0.2) is 59.0 Å². The van der Waals surface area contributed by atoms with E-state index in [1.54, 1.807) is 24.3 Å². The van der Waals surface area contributed by atoms with Gasteiger partial charge in [0.2, 0.25) is 17.6 Å². The molecule has 0 aliphatic rings. The summed E-state index contributed by atoms with van der Waals surface area (Å²) < 4.78 is 79.3. The number of hydrogen-bond donors (Lipinski definition) is 2. The Morgan fingerprint density at radius 2 is 1.54 bits per heavy atom. The van der Waals surface area contributed by atoms with Crippen LogP contribution in [0, 0.1) is 36.0 Å². The molecule has 0 radical (unpaired) electrons. The molecule has 0 saturated carbocycles. The van der Waals surface area contributed by atoms with Crippen LogP contribution in [-0.4, -0.2) is 34.6 Å². The van der Waals surface area contributed by atoms with Crippen LogP contribution in [0.1, 0.15) is 22.6 Å². The molecule has 3 aromatic carbocycles. The molecule has 4 aromatic rings. The smallest absolute Gasteiger partial charge is 0.326 e. The first kappa shape index (κ1) is 29.2. The minimum Gasteiger partial charge on any atom is -0.493 e. The van der Waals surface area contributed by atoms with Crippen molar-refractivity contribution in [1.29, 1.82) is 0 Å². The van der Waals surface area contributed by atoms with Gasteiger partial charge in [0.15, 0.2) is 23.3 Å². The summed E-state index contributed by atoms with van der Waals surface area (Å²) in [6, 6.07) is 14.2. The van der Waals surface area contributed by atoms with Gasteiger partial charge in [0.25, 0.3) is 0 Å². The van der Waals surface area contributed by atoms with Gasteiger partial charge in [0, 0.05) is 24.0 Å². The van der Waals surface area contributed by atoms with Crippen molar-refractivity contribution in [3.05, 3.63) is 106 Å². The topological polar surface area (TPSA) is 102 Å². The lowest BCUT2D eigenvalue weighted by atomic mass is 10.0. The number of carboxylic acids is 1. The Labute approximate surface area is 230 Å². The first-order valence-corrected chi connectivity index (χ1v) is 12.3. The zero-order valence-electron chi connectivity index (χ0n) is 21.5. The summed E-state index contributed by atoms with van der Waals surface area (Å²) in [6.07, 6.45) is -1.00. The third kappa shape index (κ3) is 6.89. The summed E-state index contributed by atoms with van der Waals surface area (Å²) >= 11 is 0. The quantitative estimate of drug-likeness (QED) is 0.143. The standard InChI is InChI=1S/C29H23F5N2O5/c1-15-20(36-28(41-15)17-5-3-2-4-6-17)11-12-40-18-9-7-16(8-10-18)13-21(29(38)39)35-22(37)14-19-23(30)25(32)27(34)26(33)24(19)31/h2-10,21H,11-14H2,1H3,(H,35,37)(H,38,39)/t21-/m0/s1. The summed E-state index contributed by atoms with van der Waals surface area (Å²) in [4.78, 5) is 28.4. The van der Waals surface area contributed by atoms with Gasteiger partial charge >= 0.3 is 5.97 Å². The van der Waals surface area contributed by atoms with Crippen LogP contribution in [0.5, 0.6) is 5.75 Å². The first-order chi connectivity index (χ1) is 19.5. The van der Waals surface area contributed by atoms with Gasteiger partial charge in [-0.25, -0.2) is 31.7 Å². The van der Waals surface area contributed by atoms with Crippen LogP contribution < -0.4 is 10.1 Å². The summed E-state index contributed by atoms with van der Waals surface area (Å²) in [5, 5.41) is 11.5. The molecule has 214 valence electrons. The SMILES string of the molecule is Cc1oc(-c2ccccc2)nc1CCOc1ccc(C[C@H](NC(=O)Cc2c(F)c(F)c(F)c(F)c2F)C(=O)O)cc1. The van der Waals surface area contributed by atoms with Crippen LogP contribution in [-0.2, 0) is 28.9 Å². The fourth-order valence-corrected chi connectivity index (χ4v) is 4.00. The highest BCUT2D eigenvalue weighted by Gasteiger charge is 2.28.